The van der Waals surface area contributed by atoms with Gasteiger partial charge in [0.15, 0.2) is 0 Å². The number of nitrogens with one attached hydrogen (secondary N) is 2. The number of likely N-dealkylation sites (N-methyl/N-ethyl adjacent to an activating group) is 1. The van der Waals surface area contributed by atoms with Gasteiger partial charge in [-0.2, -0.15) is 5.10 Å². The maximum atomic E-state index is 14.3. The average molecular weight is 502 g/mol. The maximum Gasteiger partial charge on any atom is 0.219 e. The molecule has 0 radical (unpaired) electrons. The Bertz CT molecular complexity index is 1250. The highest BCUT2D eigenvalue weighted by Gasteiger charge is 2.26. The van der Waals surface area contributed by atoms with Crippen LogP contribution in [-0.2, 0) is 4.79 Å². The zero-order valence-electron chi connectivity index (χ0n) is 18.6. The molecule has 178 valence electrons. The Morgan fingerprint density at radius 3 is 2.76 bits per heavy atom. The number of benzene rings is 1. The number of anilines is 2. The topological polar surface area (TPSA) is 103 Å². The van der Waals surface area contributed by atoms with Gasteiger partial charge in [-0.25, -0.2) is 4.39 Å². The summed E-state index contributed by atoms with van der Waals surface area (Å²) in [7, 11) is 2.07. The third kappa shape index (κ3) is 5.76. The van der Waals surface area contributed by atoms with E-state index in [9.17, 15) is 9.18 Å². The van der Waals surface area contributed by atoms with Crippen LogP contribution in [0, 0.1) is 10.5 Å². The quantitative estimate of drug-likeness (QED) is 0.422. The van der Waals surface area contributed by atoms with Crippen LogP contribution in [-0.4, -0.2) is 64.1 Å². The van der Waals surface area contributed by atoms with Gasteiger partial charge in [-0.1, -0.05) is 23.8 Å². The Balaban J connectivity index is 1.62. The minimum Gasteiger partial charge on any atom is -0.370 e. The molecule has 0 saturated carbocycles. The summed E-state index contributed by atoms with van der Waals surface area (Å²) in [5, 5.41) is 10.6. The van der Waals surface area contributed by atoms with Crippen LogP contribution in [0.15, 0.2) is 42.6 Å². The third-order valence-electron chi connectivity index (χ3n) is 5.78. The molecule has 1 unspecified atom stereocenters. The van der Waals surface area contributed by atoms with E-state index in [1.54, 1.807) is 18.3 Å². The Morgan fingerprint density at radius 2 is 2.03 bits per heavy atom. The second-order valence-electron chi connectivity index (χ2n) is 8.24. The molecule has 8 nitrogen and oxygen atoms in total. The number of H-pyrrole nitrogens is 1. The summed E-state index contributed by atoms with van der Waals surface area (Å²) in [6.45, 7) is 3.44. The lowest BCUT2D eigenvalue weighted by Gasteiger charge is -2.37. The first-order chi connectivity index (χ1) is 16.3. The van der Waals surface area contributed by atoms with Crippen LogP contribution in [0.1, 0.15) is 18.2 Å². The highest BCUT2D eigenvalue weighted by molar-refractivity contribution is 7.71. The minimum atomic E-state index is -0.443. The van der Waals surface area contributed by atoms with Gasteiger partial charge in [0.2, 0.25) is 5.91 Å². The van der Waals surface area contributed by atoms with Gasteiger partial charge in [0, 0.05) is 55.1 Å². The lowest BCUT2D eigenvalue weighted by molar-refractivity contribution is -0.119. The van der Waals surface area contributed by atoms with Gasteiger partial charge in [-0.05, 0) is 43.4 Å². The Kier molecular flexibility index (Phi) is 7.52. The largest absolute Gasteiger partial charge is 0.370 e. The second kappa shape index (κ2) is 10.6. The highest BCUT2D eigenvalue weighted by Crippen LogP contribution is 2.29. The molecule has 2 aromatic heterocycles. The fourth-order valence-electron chi connectivity index (χ4n) is 3.94. The molecule has 4 rings (SSSR count). The molecule has 1 aliphatic rings. The summed E-state index contributed by atoms with van der Waals surface area (Å²) >= 11 is 11.4. The lowest BCUT2D eigenvalue weighted by atomic mass is 10.1. The predicted molar refractivity (Wildman–Crippen MR) is 133 cm³/mol. The number of aromatic nitrogens is 3. The lowest BCUT2D eigenvalue weighted by Crippen LogP contribution is -2.46. The molecule has 4 N–H and O–H groups in total. The third-order valence-corrected chi connectivity index (χ3v) is 6.33. The molecule has 1 atom stereocenters. The van der Waals surface area contributed by atoms with Crippen molar-refractivity contribution in [2.24, 2.45) is 5.73 Å². The number of pyridine rings is 1. The van der Waals surface area contributed by atoms with E-state index in [0.29, 0.717) is 21.0 Å². The van der Waals surface area contributed by atoms with Crippen molar-refractivity contribution in [3.63, 3.8) is 0 Å². The van der Waals surface area contributed by atoms with Crippen LogP contribution in [0.25, 0.3) is 11.3 Å². The molecule has 3 aromatic rings. The first-order valence-corrected chi connectivity index (χ1v) is 11.6. The summed E-state index contributed by atoms with van der Waals surface area (Å²) in [5.74, 6) is -0.824. The van der Waals surface area contributed by atoms with Crippen molar-refractivity contribution in [2.75, 3.05) is 38.5 Å². The van der Waals surface area contributed by atoms with Crippen LogP contribution in [0.2, 0.25) is 5.02 Å². The smallest absolute Gasteiger partial charge is 0.219 e. The molecule has 34 heavy (non-hydrogen) atoms. The number of primary amides is 1. The van der Waals surface area contributed by atoms with Gasteiger partial charge in [0.05, 0.1) is 23.1 Å². The van der Waals surface area contributed by atoms with Crippen LogP contribution in [0.5, 0.6) is 0 Å². The van der Waals surface area contributed by atoms with Gasteiger partial charge in [0.25, 0.3) is 0 Å². The van der Waals surface area contributed by atoms with Crippen molar-refractivity contribution in [3.05, 3.63) is 63.8 Å². The molecule has 11 heteroatoms. The Morgan fingerprint density at radius 1 is 1.26 bits per heavy atom. The molecular formula is C23H25ClFN7OS. The van der Waals surface area contributed by atoms with Crippen LogP contribution >= 0.6 is 23.8 Å². The molecule has 0 bridgehead atoms. The molecular weight excluding hydrogens is 477 g/mol. The van der Waals surface area contributed by atoms with Gasteiger partial charge in [-0.3, -0.25) is 19.8 Å². The van der Waals surface area contributed by atoms with E-state index in [2.05, 4.69) is 37.3 Å². The minimum absolute atomic E-state index is 0.174. The van der Waals surface area contributed by atoms with Crippen molar-refractivity contribution in [1.82, 2.24) is 25.0 Å². The number of aromatic amines is 1. The fraction of sp³-hybridized carbons (Fsp3) is 0.304. The second-order valence-corrected chi connectivity index (χ2v) is 9.08. The number of carbonyl (C=O) groups excluding carboxylic acids is 1. The fourth-order valence-corrected chi connectivity index (χ4v) is 4.27. The summed E-state index contributed by atoms with van der Waals surface area (Å²) in [5.41, 5.74) is 8.17. The number of piperazine rings is 1. The van der Waals surface area contributed by atoms with Crippen molar-refractivity contribution >= 4 is 41.1 Å². The number of rotatable bonds is 7. The van der Waals surface area contributed by atoms with E-state index in [-0.39, 0.29) is 23.9 Å². The summed E-state index contributed by atoms with van der Waals surface area (Å²) < 4.78 is 14.7. The van der Waals surface area contributed by atoms with Crippen LogP contribution < -0.4 is 11.1 Å². The number of nitrogens with zero attached hydrogens (tertiary/aromatic N) is 4. The molecule has 1 fully saturated rings. The maximum absolute atomic E-state index is 14.3. The molecule has 1 amide bonds. The number of hydrogen-bond acceptors (Lipinski definition) is 7. The Hall–Kier alpha value is -2.92. The molecule has 1 aliphatic heterocycles. The van der Waals surface area contributed by atoms with E-state index >= 15 is 0 Å². The van der Waals surface area contributed by atoms with Crippen molar-refractivity contribution < 1.29 is 9.18 Å². The Labute approximate surface area is 206 Å². The van der Waals surface area contributed by atoms with Crippen LogP contribution in [0.3, 0.4) is 0 Å². The van der Waals surface area contributed by atoms with Gasteiger partial charge in [-0.15, -0.1) is 0 Å². The highest BCUT2D eigenvalue weighted by atomic mass is 35.5. The monoisotopic (exact) mass is 501 g/mol. The zero-order valence-corrected chi connectivity index (χ0v) is 20.2. The number of amides is 1. The van der Waals surface area contributed by atoms with E-state index in [1.807, 2.05) is 6.07 Å². The SMILES string of the molecule is CN1CCN(C(CC(N)=O)c2cc(Nc3cc(-c4cc(Cl)ccc4F)n[nH]c3=S)ccn2)CC1. The van der Waals surface area contributed by atoms with Crippen LogP contribution in [0.4, 0.5) is 15.8 Å². The normalized spacial score (nSPS) is 15.7. The predicted octanol–water partition coefficient (Wildman–Crippen LogP) is 3.90. The van der Waals surface area contributed by atoms with Crippen molar-refractivity contribution in [2.45, 2.75) is 12.5 Å². The first-order valence-electron chi connectivity index (χ1n) is 10.8. The first kappa shape index (κ1) is 24.2. The molecule has 1 saturated heterocycles. The molecule has 1 aromatic carbocycles. The van der Waals surface area contributed by atoms with Gasteiger partial charge >= 0.3 is 0 Å². The standard InChI is InChI=1S/C23H25ClFN7OS/c1-31-6-8-32(9-7-31)21(13-22(26)33)19-11-15(4-5-27-19)28-20-12-18(29-30-23(20)34)16-10-14(24)2-3-17(16)25/h2-5,10-12,21H,6-9,13H2,1H3,(H2,26,33)(H,30,34)(H,27,28,29). The molecule has 0 spiro atoms. The van der Waals surface area contributed by atoms with Gasteiger partial charge in [0.1, 0.15) is 10.5 Å². The van der Waals surface area contributed by atoms with E-state index in [4.69, 9.17) is 29.6 Å². The van der Waals surface area contributed by atoms with E-state index in [1.165, 1.54) is 18.2 Å². The molecule has 3 heterocycles. The summed E-state index contributed by atoms with van der Waals surface area (Å²) in [6, 6.07) is 9.39. The van der Waals surface area contributed by atoms with Crippen molar-refractivity contribution in [1.29, 1.82) is 0 Å². The molecule has 0 aliphatic carbocycles. The van der Waals surface area contributed by atoms with E-state index < -0.39 is 5.82 Å². The number of hydrogen-bond donors (Lipinski definition) is 3. The van der Waals surface area contributed by atoms with Gasteiger partial charge < -0.3 is 16.0 Å². The number of halogens is 2. The average Bonchev–Trinajstić information content (AvgIpc) is 2.81. The summed E-state index contributed by atoms with van der Waals surface area (Å²) in [4.78, 5) is 20.8. The number of carbonyl (C=O) groups is 1. The zero-order chi connectivity index (χ0) is 24.2. The van der Waals surface area contributed by atoms with Crippen molar-refractivity contribution in [3.8, 4) is 11.3 Å². The number of nitrogens with two attached hydrogens (primary N) is 1. The summed E-state index contributed by atoms with van der Waals surface area (Å²) in [6.07, 6.45) is 1.85. The van der Waals surface area contributed by atoms with E-state index in [0.717, 1.165) is 37.6 Å².